The van der Waals surface area contributed by atoms with E-state index in [1.807, 2.05) is 37.4 Å². The number of hydrogen-bond donors (Lipinski definition) is 1. The Kier molecular flexibility index (Phi) is 6.85. The largest absolute Gasteiger partial charge is 0.467 e. The predicted molar refractivity (Wildman–Crippen MR) is 86.1 cm³/mol. The van der Waals surface area contributed by atoms with Crippen LogP contribution in [0.5, 0.6) is 0 Å². The molecule has 0 spiro atoms. The van der Waals surface area contributed by atoms with Gasteiger partial charge in [0.1, 0.15) is 0 Å². The summed E-state index contributed by atoms with van der Waals surface area (Å²) in [5.41, 5.74) is 0.0950. The first-order chi connectivity index (χ1) is 9.96. The Morgan fingerprint density at radius 2 is 1.95 bits per heavy atom. The van der Waals surface area contributed by atoms with Crippen LogP contribution in [0.2, 0.25) is 0 Å². The number of rotatable bonds is 8. The first kappa shape index (κ1) is 17.7. The van der Waals surface area contributed by atoms with Crippen molar-refractivity contribution in [2.75, 3.05) is 34.3 Å². The van der Waals surface area contributed by atoms with Gasteiger partial charge in [-0.1, -0.05) is 44.2 Å². The summed E-state index contributed by atoms with van der Waals surface area (Å²) in [6, 6.07) is 9.76. The lowest BCUT2D eigenvalue weighted by molar-refractivity contribution is -0.149. The Balaban J connectivity index is 3.00. The van der Waals surface area contributed by atoms with Crippen molar-refractivity contribution >= 4 is 5.97 Å². The van der Waals surface area contributed by atoms with E-state index >= 15 is 0 Å². The standard InChI is InChI=1S/C17H28N2O2/c1-14(2)11-12-19(4)13-17(18-3,16(20)21-5)15-9-7-6-8-10-15/h6-10,14,18H,11-13H2,1-5H3. The van der Waals surface area contributed by atoms with Crippen molar-refractivity contribution in [2.45, 2.75) is 25.8 Å². The minimum Gasteiger partial charge on any atom is -0.467 e. The Hall–Kier alpha value is -1.39. The van der Waals surface area contributed by atoms with Gasteiger partial charge in [-0.2, -0.15) is 0 Å². The molecule has 4 nitrogen and oxygen atoms in total. The van der Waals surface area contributed by atoms with Crippen LogP contribution in [0.1, 0.15) is 25.8 Å². The zero-order valence-corrected chi connectivity index (χ0v) is 13.8. The molecule has 0 aliphatic carbocycles. The first-order valence-corrected chi connectivity index (χ1v) is 7.47. The number of hydrogen-bond acceptors (Lipinski definition) is 4. The van der Waals surface area contributed by atoms with Gasteiger partial charge in [0.15, 0.2) is 5.54 Å². The van der Waals surface area contributed by atoms with Crippen molar-refractivity contribution < 1.29 is 9.53 Å². The highest BCUT2D eigenvalue weighted by Crippen LogP contribution is 2.24. The van der Waals surface area contributed by atoms with Gasteiger partial charge in [-0.15, -0.1) is 0 Å². The van der Waals surface area contributed by atoms with Crippen LogP contribution in [0, 0.1) is 5.92 Å². The number of carbonyl (C=O) groups is 1. The molecule has 0 aliphatic rings. The van der Waals surface area contributed by atoms with Gasteiger partial charge in [0.25, 0.3) is 0 Å². The normalized spacial score (nSPS) is 14.2. The van der Waals surface area contributed by atoms with E-state index in [9.17, 15) is 4.79 Å². The van der Waals surface area contributed by atoms with Crippen LogP contribution in [-0.2, 0) is 15.1 Å². The van der Waals surface area contributed by atoms with Crippen LogP contribution in [0.15, 0.2) is 30.3 Å². The second-order valence-corrected chi connectivity index (χ2v) is 5.93. The summed E-state index contributed by atoms with van der Waals surface area (Å²) in [4.78, 5) is 14.6. The molecule has 0 amide bonds. The summed E-state index contributed by atoms with van der Waals surface area (Å²) in [7, 11) is 5.28. The van der Waals surface area contributed by atoms with Crippen molar-refractivity contribution in [2.24, 2.45) is 5.92 Å². The van der Waals surface area contributed by atoms with E-state index in [1.54, 1.807) is 7.05 Å². The molecule has 1 aromatic carbocycles. The molecule has 0 bridgehead atoms. The van der Waals surface area contributed by atoms with E-state index in [1.165, 1.54) is 7.11 Å². The number of nitrogens with one attached hydrogen (secondary N) is 1. The molecule has 21 heavy (non-hydrogen) atoms. The Labute approximate surface area is 128 Å². The van der Waals surface area contributed by atoms with E-state index in [0.29, 0.717) is 12.5 Å². The maximum Gasteiger partial charge on any atom is 0.332 e. The zero-order valence-electron chi connectivity index (χ0n) is 13.8. The van der Waals surface area contributed by atoms with Crippen LogP contribution in [0.3, 0.4) is 0 Å². The minimum atomic E-state index is -0.832. The second-order valence-electron chi connectivity index (χ2n) is 5.93. The zero-order chi connectivity index (χ0) is 15.9. The van der Waals surface area contributed by atoms with Gasteiger partial charge in [-0.25, -0.2) is 4.79 Å². The molecule has 0 saturated carbocycles. The van der Waals surface area contributed by atoms with Crippen molar-refractivity contribution in [1.82, 2.24) is 10.2 Å². The summed E-state index contributed by atoms with van der Waals surface area (Å²) in [5, 5.41) is 3.18. The molecular weight excluding hydrogens is 264 g/mol. The molecule has 1 atom stereocenters. The van der Waals surface area contributed by atoms with E-state index in [4.69, 9.17) is 4.74 Å². The minimum absolute atomic E-state index is 0.257. The quantitative estimate of drug-likeness (QED) is 0.746. The average Bonchev–Trinajstić information content (AvgIpc) is 2.50. The fourth-order valence-corrected chi connectivity index (χ4v) is 2.46. The lowest BCUT2D eigenvalue weighted by Crippen LogP contribution is -2.55. The van der Waals surface area contributed by atoms with Gasteiger partial charge >= 0.3 is 5.97 Å². The summed E-state index contributed by atoms with van der Waals surface area (Å²) in [5.74, 6) is 0.388. The molecule has 0 saturated heterocycles. The van der Waals surface area contributed by atoms with E-state index < -0.39 is 5.54 Å². The third-order valence-corrected chi connectivity index (χ3v) is 3.82. The fourth-order valence-electron chi connectivity index (χ4n) is 2.46. The Morgan fingerprint density at radius 3 is 2.43 bits per heavy atom. The van der Waals surface area contributed by atoms with Gasteiger partial charge in [-0.05, 0) is 38.5 Å². The molecule has 0 heterocycles. The van der Waals surface area contributed by atoms with Gasteiger partial charge in [-0.3, -0.25) is 0 Å². The maximum atomic E-state index is 12.4. The number of likely N-dealkylation sites (N-methyl/N-ethyl adjacent to an activating group) is 2. The number of carbonyl (C=O) groups excluding carboxylic acids is 1. The molecule has 0 fully saturated rings. The van der Waals surface area contributed by atoms with Crippen LogP contribution in [0.4, 0.5) is 0 Å². The average molecular weight is 292 g/mol. The molecule has 4 heteroatoms. The second kappa shape index (κ2) is 8.15. The van der Waals surface area contributed by atoms with Crippen molar-refractivity contribution in [3.8, 4) is 0 Å². The first-order valence-electron chi connectivity index (χ1n) is 7.47. The SMILES string of the molecule is CNC(CN(C)CCC(C)C)(C(=O)OC)c1ccccc1. The topological polar surface area (TPSA) is 41.6 Å². The number of benzene rings is 1. The highest BCUT2D eigenvalue weighted by molar-refractivity contribution is 5.83. The molecule has 1 unspecified atom stereocenters. The molecular formula is C17H28N2O2. The Bertz CT molecular complexity index is 434. The van der Waals surface area contributed by atoms with Gasteiger partial charge in [0.05, 0.1) is 7.11 Å². The summed E-state index contributed by atoms with van der Waals surface area (Å²) in [6.45, 7) is 5.94. The predicted octanol–water partition coefficient (Wildman–Crippen LogP) is 2.25. The molecule has 1 N–H and O–H groups in total. The van der Waals surface area contributed by atoms with Gasteiger partial charge in [0, 0.05) is 6.54 Å². The number of esters is 1. The third kappa shape index (κ3) is 4.55. The van der Waals surface area contributed by atoms with Crippen LogP contribution in [0.25, 0.3) is 0 Å². The van der Waals surface area contributed by atoms with Gasteiger partial charge in [0.2, 0.25) is 0 Å². The van der Waals surface area contributed by atoms with Crippen LogP contribution >= 0.6 is 0 Å². The molecule has 118 valence electrons. The van der Waals surface area contributed by atoms with E-state index in [-0.39, 0.29) is 5.97 Å². The smallest absolute Gasteiger partial charge is 0.332 e. The summed E-state index contributed by atoms with van der Waals surface area (Å²) < 4.78 is 5.06. The molecule has 0 radical (unpaired) electrons. The third-order valence-electron chi connectivity index (χ3n) is 3.82. The van der Waals surface area contributed by atoms with Crippen molar-refractivity contribution in [3.05, 3.63) is 35.9 Å². The van der Waals surface area contributed by atoms with Crippen LogP contribution < -0.4 is 5.32 Å². The molecule has 0 aliphatic heterocycles. The molecule has 0 aromatic heterocycles. The molecule has 1 aromatic rings. The van der Waals surface area contributed by atoms with Gasteiger partial charge < -0.3 is 15.0 Å². The van der Waals surface area contributed by atoms with Crippen molar-refractivity contribution in [1.29, 1.82) is 0 Å². The summed E-state index contributed by atoms with van der Waals surface area (Å²) in [6.07, 6.45) is 1.10. The lowest BCUT2D eigenvalue weighted by Gasteiger charge is -2.35. The monoisotopic (exact) mass is 292 g/mol. The maximum absolute atomic E-state index is 12.4. The number of ether oxygens (including phenoxy) is 1. The molecule has 1 rings (SSSR count). The highest BCUT2D eigenvalue weighted by Gasteiger charge is 2.40. The number of nitrogens with zero attached hydrogens (tertiary/aromatic N) is 1. The Morgan fingerprint density at radius 1 is 1.33 bits per heavy atom. The lowest BCUT2D eigenvalue weighted by atomic mass is 9.89. The fraction of sp³-hybridized carbons (Fsp3) is 0.588. The van der Waals surface area contributed by atoms with Crippen molar-refractivity contribution in [3.63, 3.8) is 0 Å². The number of methoxy groups -OCH3 is 1. The summed E-state index contributed by atoms with van der Waals surface area (Å²) >= 11 is 0. The van der Waals surface area contributed by atoms with Crippen LogP contribution in [-0.4, -0.2) is 45.2 Å². The van der Waals surface area contributed by atoms with E-state index in [2.05, 4.69) is 24.1 Å². The van der Waals surface area contributed by atoms with E-state index in [0.717, 1.165) is 18.5 Å². The highest BCUT2D eigenvalue weighted by atomic mass is 16.5.